The molecule has 0 radical (unpaired) electrons. The van der Waals surface area contributed by atoms with E-state index in [4.69, 9.17) is 4.74 Å². The fourth-order valence-electron chi connectivity index (χ4n) is 3.27. The highest BCUT2D eigenvalue weighted by molar-refractivity contribution is 5.74. The zero-order valence-electron chi connectivity index (χ0n) is 16.7. The normalized spacial score (nSPS) is 17.4. The number of rotatable bonds is 10. The topological polar surface area (TPSA) is 73.8 Å². The van der Waals surface area contributed by atoms with Crippen LogP contribution in [0, 0.1) is 0 Å². The number of nitrogens with one attached hydrogen (secondary N) is 2. The van der Waals surface area contributed by atoms with Gasteiger partial charge in [0.1, 0.15) is 11.9 Å². The van der Waals surface area contributed by atoms with E-state index >= 15 is 0 Å². The van der Waals surface area contributed by atoms with Gasteiger partial charge in [-0.1, -0.05) is 25.1 Å². The first kappa shape index (κ1) is 21.5. The zero-order chi connectivity index (χ0) is 19.5. The first-order valence-corrected chi connectivity index (χ1v) is 10.3. The minimum atomic E-state index is -0.476. The Hall–Kier alpha value is -1.79. The first-order valence-electron chi connectivity index (χ1n) is 10.3. The zero-order valence-corrected chi connectivity index (χ0v) is 16.7. The molecular formula is C21H35N3O3. The smallest absolute Gasteiger partial charge is 0.317 e. The van der Waals surface area contributed by atoms with E-state index < -0.39 is 6.10 Å². The molecular weight excluding hydrogens is 342 g/mol. The quantitative estimate of drug-likeness (QED) is 0.548. The molecule has 1 aromatic rings. The summed E-state index contributed by atoms with van der Waals surface area (Å²) in [7, 11) is 0. The lowest BCUT2D eigenvalue weighted by atomic mass is 10.0. The van der Waals surface area contributed by atoms with Gasteiger partial charge in [-0.2, -0.15) is 0 Å². The molecule has 2 atom stereocenters. The first-order chi connectivity index (χ1) is 13.1. The van der Waals surface area contributed by atoms with Crippen LogP contribution in [-0.2, 0) is 0 Å². The van der Waals surface area contributed by atoms with E-state index in [-0.39, 0.29) is 12.1 Å². The van der Waals surface area contributed by atoms with Crippen molar-refractivity contribution in [3.63, 3.8) is 0 Å². The number of carbonyl (C=O) groups excluding carboxylic acids is 1. The Kier molecular flexibility index (Phi) is 9.42. The van der Waals surface area contributed by atoms with Crippen molar-refractivity contribution in [2.75, 3.05) is 26.2 Å². The number of ether oxygens (including phenoxy) is 1. The van der Waals surface area contributed by atoms with Crippen LogP contribution in [0.25, 0.3) is 0 Å². The number of urea groups is 1. The van der Waals surface area contributed by atoms with Gasteiger partial charge in [-0.15, -0.1) is 0 Å². The van der Waals surface area contributed by atoms with Gasteiger partial charge in [0.05, 0.1) is 6.10 Å². The van der Waals surface area contributed by atoms with E-state index in [1.54, 1.807) is 0 Å². The second-order valence-electron chi connectivity index (χ2n) is 7.29. The summed E-state index contributed by atoms with van der Waals surface area (Å²) in [6, 6.07) is 10.1. The second-order valence-corrected chi connectivity index (χ2v) is 7.29. The summed E-state index contributed by atoms with van der Waals surface area (Å²) in [5.74, 6) is 0.789. The van der Waals surface area contributed by atoms with Gasteiger partial charge < -0.3 is 25.4 Å². The number of aliphatic hydroxyl groups is 1. The molecule has 1 fully saturated rings. The van der Waals surface area contributed by atoms with Crippen molar-refractivity contribution in [2.45, 2.75) is 64.2 Å². The Labute approximate surface area is 163 Å². The Morgan fingerprint density at radius 2 is 1.96 bits per heavy atom. The van der Waals surface area contributed by atoms with Gasteiger partial charge in [0, 0.05) is 25.7 Å². The van der Waals surface area contributed by atoms with Gasteiger partial charge in [0.2, 0.25) is 0 Å². The Morgan fingerprint density at radius 3 is 2.63 bits per heavy atom. The number of carbonyl (C=O) groups is 1. The predicted molar refractivity (Wildman–Crippen MR) is 108 cm³/mol. The van der Waals surface area contributed by atoms with Crippen LogP contribution in [0.5, 0.6) is 5.75 Å². The molecule has 2 rings (SSSR count). The molecule has 1 aliphatic heterocycles. The van der Waals surface area contributed by atoms with Crippen molar-refractivity contribution in [1.29, 1.82) is 0 Å². The summed E-state index contributed by atoms with van der Waals surface area (Å²) in [6.45, 7) is 7.19. The van der Waals surface area contributed by atoms with Crippen LogP contribution < -0.4 is 15.4 Å². The van der Waals surface area contributed by atoms with E-state index in [0.717, 1.165) is 57.6 Å². The van der Waals surface area contributed by atoms with Crippen molar-refractivity contribution >= 4 is 6.03 Å². The monoisotopic (exact) mass is 377 g/mol. The van der Waals surface area contributed by atoms with E-state index in [1.165, 1.54) is 0 Å². The van der Waals surface area contributed by atoms with Crippen molar-refractivity contribution in [2.24, 2.45) is 0 Å². The third kappa shape index (κ3) is 7.77. The second kappa shape index (κ2) is 11.8. The fraction of sp³-hybridized carbons (Fsp3) is 0.667. The summed E-state index contributed by atoms with van der Waals surface area (Å²) in [4.78, 5) is 13.9. The summed E-state index contributed by atoms with van der Waals surface area (Å²) in [5, 5.41) is 16.8. The fourth-order valence-corrected chi connectivity index (χ4v) is 3.27. The molecule has 1 aliphatic rings. The van der Waals surface area contributed by atoms with Gasteiger partial charge in [0.25, 0.3) is 0 Å². The molecule has 0 bridgehead atoms. The van der Waals surface area contributed by atoms with Gasteiger partial charge in [0.15, 0.2) is 0 Å². The number of para-hydroxylation sites is 1. The third-order valence-electron chi connectivity index (χ3n) is 5.03. The van der Waals surface area contributed by atoms with Crippen molar-refractivity contribution in [3.8, 4) is 5.75 Å². The number of hydrogen-bond donors (Lipinski definition) is 3. The van der Waals surface area contributed by atoms with Gasteiger partial charge in [-0.3, -0.25) is 0 Å². The maximum atomic E-state index is 11.9. The number of hydrogen-bond acceptors (Lipinski definition) is 4. The van der Waals surface area contributed by atoms with E-state index in [2.05, 4.69) is 17.6 Å². The molecule has 2 unspecified atom stereocenters. The molecule has 27 heavy (non-hydrogen) atoms. The Balaban J connectivity index is 1.56. The van der Waals surface area contributed by atoms with Crippen molar-refractivity contribution in [1.82, 2.24) is 15.5 Å². The molecule has 1 heterocycles. The summed E-state index contributed by atoms with van der Waals surface area (Å²) >= 11 is 0. The lowest BCUT2D eigenvalue weighted by molar-refractivity contribution is 0.0403. The Morgan fingerprint density at radius 1 is 1.26 bits per heavy atom. The molecule has 0 aromatic heterocycles. The molecule has 152 valence electrons. The molecule has 0 spiro atoms. The molecule has 0 saturated carbocycles. The standard InChI is InChI=1S/C21H35N3O3/c1-3-13-23-21(26)24-15-11-18(12-16-24)22-14-7-10-20(25)17(2)27-19-8-5-4-6-9-19/h4-6,8-9,17-18,20,22,25H,3,7,10-16H2,1-2H3,(H,23,26). The number of likely N-dealkylation sites (tertiary alicyclic amines) is 1. The van der Waals surface area contributed by atoms with Crippen molar-refractivity contribution < 1.29 is 14.6 Å². The molecule has 1 aromatic carbocycles. The van der Waals surface area contributed by atoms with Crippen LogP contribution in [0.1, 0.15) is 46.0 Å². The molecule has 0 aliphatic carbocycles. The lowest BCUT2D eigenvalue weighted by Gasteiger charge is -2.32. The van der Waals surface area contributed by atoms with E-state index in [9.17, 15) is 9.90 Å². The average Bonchev–Trinajstić information content (AvgIpc) is 2.70. The molecule has 3 N–H and O–H groups in total. The number of amides is 2. The largest absolute Gasteiger partial charge is 0.488 e. The van der Waals surface area contributed by atoms with E-state index in [0.29, 0.717) is 12.5 Å². The summed E-state index contributed by atoms with van der Waals surface area (Å²) in [5.41, 5.74) is 0. The van der Waals surface area contributed by atoms with Crippen LogP contribution in [0.3, 0.4) is 0 Å². The summed E-state index contributed by atoms with van der Waals surface area (Å²) in [6.07, 6.45) is 3.84. The predicted octanol–water partition coefficient (Wildman–Crippen LogP) is 2.77. The molecule has 6 heteroatoms. The maximum absolute atomic E-state index is 11.9. The minimum Gasteiger partial charge on any atom is -0.488 e. The summed E-state index contributed by atoms with van der Waals surface area (Å²) < 4.78 is 5.77. The number of aliphatic hydroxyl groups excluding tert-OH is 1. The van der Waals surface area contributed by atoms with Crippen LogP contribution in [0.2, 0.25) is 0 Å². The number of piperidine rings is 1. The van der Waals surface area contributed by atoms with Crippen LogP contribution in [-0.4, -0.2) is 60.5 Å². The third-order valence-corrected chi connectivity index (χ3v) is 5.03. The van der Waals surface area contributed by atoms with Gasteiger partial charge in [-0.25, -0.2) is 4.79 Å². The van der Waals surface area contributed by atoms with E-state index in [1.807, 2.05) is 42.2 Å². The highest BCUT2D eigenvalue weighted by Gasteiger charge is 2.22. The molecule has 2 amide bonds. The van der Waals surface area contributed by atoms with Crippen molar-refractivity contribution in [3.05, 3.63) is 30.3 Å². The van der Waals surface area contributed by atoms with Gasteiger partial charge >= 0.3 is 6.03 Å². The Bertz CT molecular complexity index is 533. The molecule has 6 nitrogen and oxygen atoms in total. The van der Waals surface area contributed by atoms with Gasteiger partial charge in [-0.05, 0) is 57.7 Å². The highest BCUT2D eigenvalue weighted by Crippen LogP contribution is 2.15. The van der Waals surface area contributed by atoms with Crippen LogP contribution >= 0.6 is 0 Å². The minimum absolute atomic E-state index is 0.0609. The van der Waals surface area contributed by atoms with Crippen LogP contribution in [0.15, 0.2) is 30.3 Å². The molecule has 1 saturated heterocycles. The highest BCUT2D eigenvalue weighted by atomic mass is 16.5. The maximum Gasteiger partial charge on any atom is 0.317 e. The number of benzene rings is 1. The average molecular weight is 378 g/mol. The SMILES string of the molecule is CCCNC(=O)N1CCC(NCCCC(O)C(C)Oc2ccccc2)CC1. The number of nitrogens with zero attached hydrogens (tertiary/aromatic N) is 1. The lowest BCUT2D eigenvalue weighted by Crippen LogP contribution is -2.48. The van der Waals surface area contributed by atoms with Crippen LogP contribution in [0.4, 0.5) is 4.79 Å².